The first-order valence-corrected chi connectivity index (χ1v) is 9.03. The van der Waals surface area contributed by atoms with Crippen LogP contribution in [0.15, 0.2) is 24.3 Å². The second-order valence-corrected chi connectivity index (χ2v) is 8.41. The molecule has 1 saturated carbocycles. The molecule has 0 heterocycles. The van der Waals surface area contributed by atoms with E-state index in [2.05, 4.69) is 0 Å². The van der Waals surface area contributed by atoms with Crippen LogP contribution in [0.2, 0.25) is 5.02 Å². The summed E-state index contributed by atoms with van der Waals surface area (Å²) in [5.74, 6) is 0.246. The molecule has 5 heteroatoms. The van der Waals surface area contributed by atoms with Crippen LogP contribution in [0.25, 0.3) is 0 Å². The van der Waals surface area contributed by atoms with Gasteiger partial charge in [0.25, 0.3) is 0 Å². The molecule has 0 amide bonds. The van der Waals surface area contributed by atoms with Gasteiger partial charge < -0.3 is 9.05 Å². The Morgan fingerprint density at radius 2 is 1.60 bits per heavy atom. The fourth-order valence-corrected chi connectivity index (χ4v) is 5.13. The van der Waals surface area contributed by atoms with Crippen molar-refractivity contribution in [3.63, 3.8) is 0 Å². The molecule has 0 N–H and O–H groups in total. The first-order chi connectivity index (χ1) is 9.32. The van der Waals surface area contributed by atoms with Crippen molar-refractivity contribution in [2.45, 2.75) is 57.9 Å². The molecule has 0 aromatic heterocycles. The van der Waals surface area contributed by atoms with E-state index in [9.17, 15) is 4.57 Å². The van der Waals surface area contributed by atoms with E-state index in [0.717, 1.165) is 12.0 Å². The molecule has 2 atom stereocenters. The van der Waals surface area contributed by atoms with Crippen molar-refractivity contribution in [2.24, 2.45) is 0 Å². The fraction of sp³-hybridized carbons (Fsp3) is 0.600. The lowest BCUT2D eigenvalue weighted by molar-refractivity contribution is 0.141. The van der Waals surface area contributed by atoms with Gasteiger partial charge >= 0.3 is 7.60 Å². The van der Waals surface area contributed by atoms with Gasteiger partial charge in [-0.1, -0.05) is 23.7 Å². The SMILES string of the molecule is CC(C)OP(=O)(OC(C)C)[C@H]1C[C@@H]1c1ccc(Cl)cc1. The van der Waals surface area contributed by atoms with Crippen molar-refractivity contribution in [1.82, 2.24) is 0 Å². The Kier molecular flexibility index (Phi) is 4.96. The maximum atomic E-state index is 13.0. The van der Waals surface area contributed by atoms with Crippen molar-refractivity contribution in [3.05, 3.63) is 34.9 Å². The summed E-state index contributed by atoms with van der Waals surface area (Å²) in [4.78, 5) is 0. The number of halogens is 1. The van der Waals surface area contributed by atoms with E-state index in [4.69, 9.17) is 20.6 Å². The van der Waals surface area contributed by atoms with Crippen LogP contribution in [0.3, 0.4) is 0 Å². The summed E-state index contributed by atoms with van der Waals surface area (Å²) >= 11 is 5.90. The molecule has 3 nitrogen and oxygen atoms in total. The normalized spacial score (nSPS) is 22.6. The van der Waals surface area contributed by atoms with E-state index < -0.39 is 7.60 Å². The number of benzene rings is 1. The second-order valence-electron chi connectivity index (χ2n) is 5.81. The zero-order chi connectivity index (χ0) is 14.9. The molecule has 0 bridgehead atoms. The van der Waals surface area contributed by atoms with Gasteiger partial charge in [-0.05, 0) is 57.7 Å². The summed E-state index contributed by atoms with van der Waals surface area (Å²) < 4.78 is 24.3. The maximum absolute atomic E-state index is 13.0. The third-order valence-corrected chi connectivity index (χ3v) is 6.24. The summed E-state index contributed by atoms with van der Waals surface area (Å²) in [5.41, 5.74) is 1.12. The number of hydrogen-bond donors (Lipinski definition) is 0. The highest BCUT2D eigenvalue weighted by atomic mass is 35.5. The van der Waals surface area contributed by atoms with E-state index in [1.165, 1.54) is 0 Å². The highest BCUT2D eigenvalue weighted by Crippen LogP contribution is 2.69. The summed E-state index contributed by atoms with van der Waals surface area (Å²) in [6, 6.07) is 7.71. The average molecular weight is 317 g/mol. The van der Waals surface area contributed by atoms with E-state index in [-0.39, 0.29) is 23.8 Å². The molecule has 112 valence electrons. The van der Waals surface area contributed by atoms with Crippen LogP contribution in [0.5, 0.6) is 0 Å². The lowest BCUT2D eigenvalue weighted by atomic mass is 10.1. The zero-order valence-electron chi connectivity index (χ0n) is 12.4. The van der Waals surface area contributed by atoms with Crippen LogP contribution in [-0.2, 0) is 13.6 Å². The monoisotopic (exact) mass is 316 g/mol. The Morgan fingerprint density at radius 3 is 2.05 bits per heavy atom. The van der Waals surface area contributed by atoms with Crippen molar-refractivity contribution in [3.8, 4) is 0 Å². The van der Waals surface area contributed by atoms with E-state index in [1.807, 2.05) is 52.0 Å². The van der Waals surface area contributed by atoms with E-state index in [0.29, 0.717) is 5.02 Å². The van der Waals surface area contributed by atoms with Gasteiger partial charge in [0.05, 0.1) is 17.9 Å². The predicted octanol–water partition coefficient (Wildman–Crippen LogP) is 5.24. The number of rotatable bonds is 6. The van der Waals surface area contributed by atoms with Gasteiger partial charge in [0.15, 0.2) is 0 Å². The third-order valence-electron chi connectivity index (χ3n) is 3.18. The second kappa shape index (κ2) is 6.19. The quantitative estimate of drug-likeness (QED) is 0.673. The van der Waals surface area contributed by atoms with Crippen LogP contribution in [0.1, 0.15) is 45.6 Å². The van der Waals surface area contributed by atoms with E-state index in [1.54, 1.807) is 0 Å². The molecular formula is C15H22ClO3P. The molecule has 1 aromatic rings. The molecule has 1 aliphatic rings. The van der Waals surface area contributed by atoms with Gasteiger partial charge in [-0.15, -0.1) is 0 Å². The Morgan fingerprint density at radius 1 is 1.10 bits per heavy atom. The molecule has 0 spiro atoms. The molecule has 0 saturated heterocycles. The largest absolute Gasteiger partial charge is 0.334 e. The van der Waals surface area contributed by atoms with Crippen molar-refractivity contribution in [2.75, 3.05) is 0 Å². The van der Waals surface area contributed by atoms with Gasteiger partial charge in [-0.3, -0.25) is 4.57 Å². The van der Waals surface area contributed by atoms with Crippen LogP contribution in [0, 0.1) is 0 Å². The highest BCUT2D eigenvalue weighted by molar-refractivity contribution is 7.55. The first kappa shape index (κ1) is 16.0. The van der Waals surface area contributed by atoms with Crippen LogP contribution in [-0.4, -0.2) is 17.9 Å². The smallest absolute Gasteiger partial charge is 0.306 e. The van der Waals surface area contributed by atoms with Gasteiger partial charge in [-0.2, -0.15) is 0 Å². The summed E-state index contributed by atoms with van der Waals surface area (Å²) in [6.07, 6.45) is 0.635. The molecule has 1 aromatic carbocycles. The Labute approximate surface area is 126 Å². The van der Waals surface area contributed by atoms with E-state index >= 15 is 0 Å². The minimum absolute atomic E-state index is 0.0338. The van der Waals surface area contributed by atoms with Crippen molar-refractivity contribution in [1.29, 1.82) is 0 Å². The minimum Gasteiger partial charge on any atom is -0.306 e. The Hall–Kier alpha value is -0.340. The zero-order valence-corrected chi connectivity index (χ0v) is 14.0. The van der Waals surface area contributed by atoms with Gasteiger partial charge in [0.1, 0.15) is 0 Å². The van der Waals surface area contributed by atoms with Crippen LogP contribution < -0.4 is 0 Å². The first-order valence-electron chi connectivity index (χ1n) is 7.04. The number of hydrogen-bond acceptors (Lipinski definition) is 3. The Bertz CT molecular complexity index is 484. The molecular weight excluding hydrogens is 295 g/mol. The molecule has 1 aliphatic carbocycles. The molecule has 20 heavy (non-hydrogen) atoms. The predicted molar refractivity (Wildman–Crippen MR) is 82.6 cm³/mol. The van der Waals surface area contributed by atoms with Crippen molar-refractivity contribution >= 4 is 19.2 Å². The summed E-state index contributed by atoms with van der Waals surface area (Å²) in [5, 5.41) is 0.714. The average Bonchev–Trinajstić information content (AvgIpc) is 3.08. The summed E-state index contributed by atoms with van der Waals surface area (Å²) in [6.45, 7) is 7.54. The maximum Gasteiger partial charge on any atom is 0.334 e. The topological polar surface area (TPSA) is 35.5 Å². The third kappa shape index (κ3) is 3.85. The van der Waals surface area contributed by atoms with Gasteiger partial charge in [0, 0.05) is 5.02 Å². The lowest BCUT2D eigenvalue weighted by Gasteiger charge is -2.23. The van der Waals surface area contributed by atoms with Gasteiger partial charge in [0.2, 0.25) is 0 Å². The molecule has 0 unspecified atom stereocenters. The molecule has 2 rings (SSSR count). The fourth-order valence-electron chi connectivity index (χ4n) is 2.37. The Balaban J connectivity index is 2.13. The molecule has 0 aliphatic heterocycles. The van der Waals surface area contributed by atoms with Crippen LogP contribution in [0.4, 0.5) is 0 Å². The van der Waals surface area contributed by atoms with Crippen LogP contribution >= 0.6 is 19.2 Å². The lowest BCUT2D eigenvalue weighted by Crippen LogP contribution is -2.11. The molecule has 0 radical (unpaired) electrons. The van der Waals surface area contributed by atoms with Crippen molar-refractivity contribution < 1.29 is 13.6 Å². The van der Waals surface area contributed by atoms with Gasteiger partial charge in [-0.25, -0.2) is 0 Å². The molecule has 1 fully saturated rings. The highest BCUT2D eigenvalue weighted by Gasteiger charge is 2.54. The minimum atomic E-state index is -3.06. The standard InChI is InChI=1S/C15H22ClO3P/c1-10(2)18-20(17,19-11(3)4)15-9-14(15)12-5-7-13(16)8-6-12/h5-8,10-11,14-15H,9H2,1-4H3/t14-,15+/m1/s1. The summed E-state index contributed by atoms with van der Waals surface area (Å²) in [7, 11) is -3.06.